The second-order valence-corrected chi connectivity index (χ2v) is 11.4. The zero-order valence-electron chi connectivity index (χ0n) is 23.4. The molecule has 2 saturated carbocycles. The first-order valence-electron chi connectivity index (χ1n) is 14.8. The molecule has 40 heavy (non-hydrogen) atoms. The van der Waals surface area contributed by atoms with Gasteiger partial charge in [-0.3, -0.25) is 0 Å². The lowest BCUT2D eigenvalue weighted by molar-refractivity contribution is 0.0116. The minimum Gasteiger partial charge on any atom is -0.490 e. The number of aliphatic hydroxyl groups excluding tert-OH is 1. The van der Waals surface area contributed by atoms with Gasteiger partial charge in [0.25, 0.3) is 0 Å². The Balaban J connectivity index is 1.29. The van der Waals surface area contributed by atoms with Crippen LogP contribution in [0.4, 0.5) is 17.6 Å². The van der Waals surface area contributed by atoms with Crippen LogP contribution in [0.2, 0.25) is 0 Å². The van der Waals surface area contributed by atoms with Crippen molar-refractivity contribution in [2.45, 2.75) is 108 Å². The number of benzene rings is 2. The first-order valence-corrected chi connectivity index (χ1v) is 14.8. The highest BCUT2D eigenvalue weighted by Crippen LogP contribution is 2.42. The Morgan fingerprint density at radius 3 is 2.02 bits per heavy atom. The van der Waals surface area contributed by atoms with Crippen LogP contribution < -0.4 is 4.74 Å². The van der Waals surface area contributed by atoms with Crippen LogP contribution >= 0.6 is 0 Å². The van der Waals surface area contributed by atoms with Crippen LogP contribution in [0.1, 0.15) is 106 Å². The van der Waals surface area contributed by atoms with Crippen molar-refractivity contribution in [1.29, 1.82) is 0 Å². The molecule has 0 amide bonds. The summed E-state index contributed by atoms with van der Waals surface area (Å²) in [5.41, 5.74) is 0.980. The van der Waals surface area contributed by atoms with Crippen LogP contribution in [0.15, 0.2) is 36.9 Å². The number of hydrogen-bond acceptors (Lipinski definition) is 3. The van der Waals surface area contributed by atoms with Gasteiger partial charge in [-0.25, -0.2) is 13.2 Å². The molecule has 0 aromatic heterocycles. The summed E-state index contributed by atoms with van der Waals surface area (Å²) in [6.45, 7) is 5.78. The van der Waals surface area contributed by atoms with Gasteiger partial charge in [-0.2, -0.15) is 4.39 Å². The normalized spacial score (nSPS) is 24.1. The monoisotopic (exact) mass is 562 g/mol. The maximum Gasteiger partial charge on any atom is 0.200 e. The van der Waals surface area contributed by atoms with Gasteiger partial charge in [0.15, 0.2) is 23.2 Å². The topological polar surface area (TPSA) is 38.7 Å². The maximum atomic E-state index is 15.2. The fraction of sp³-hybridized carbons (Fsp3) is 0.576. The Kier molecular flexibility index (Phi) is 11.1. The summed E-state index contributed by atoms with van der Waals surface area (Å²) in [4.78, 5) is 0. The van der Waals surface area contributed by atoms with Crippen molar-refractivity contribution in [3.05, 3.63) is 76.9 Å². The predicted molar refractivity (Wildman–Crippen MR) is 148 cm³/mol. The third-order valence-electron chi connectivity index (χ3n) is 8.78. The molecule has 4 rings (SSSR count). The van der Waals surface area contributed by atoms with Crippen molar-refractivity contribution >= 4 is 0 Å². The second kappa shape index (κ2) is 14.5. The van der Waals surface area contributed by atoms with Gasteiger partial charge >= 0.3 is 0 Å². The van der Waals surface area contributed by atoms with E-state index in [-0.39, 0.29) is 54.5 Å². The van der Waals surface area contributed by atoms with Gasteiger partial charge in [-0.05, 0) is 105 Å². The van der Waals surface area contributed by atoms with Gasteiger partial charge in [0, 0.05) is 5.56 Å². The van der Waals surface area contributed by atoms with E-state index in [1.807, 2.05) is 0 Å². The van der Waals surface area contributed by atoms with Crippen LogP contribution in [-0.2, 0) is 11.3 Å². The van der Waals surface area contributed by atoms with Crippen molar-refractivity contribution in [1.82, 2.24) is 0 Å². The molecule has 0 spiro atoms. The lowest BCUT2D eigenvalue weighted by atomic mass is 9.75. The molecule has 2 aliphatic rings. The zero-order valence-corrected chi connectivity index (χ0v) is 23.4. The average Bonchev–Trinajstić information content (AvgIpc) is 2.97. The summed E-state index contributed by atoms with van der Waals surface area (Å²) in [7, 11) is 0. The number of aliphatic hydroxyl groups is 1. The van der Waals surface area contributed by atoms with E-state index in [1.54, 1.807) is 18.2 Å². The average molecular weight is 563 g/mol. The van der Waals surface area contributed by atoms with Gasteiger partial charge in [-0.15, -0.1) is 6.58 Å². The third kappa shape index (κ3) is 7.27. The molecule has 1 atom stereocenters. The highest BCUT2D eigenvalue weighted by atomic mass is 19.2. The van der Waals surface area contributed by atoms with E-state index in [0.717, 1.165) is 38.5 Å². The summed E-state index contributed by atoms with van der Waals surface area (Å²) in [5.74, 6) is -3.50. The Hall–Kier alpha value is -2.38. The third-order valence-corrected chi connectivity index (χ3v) is 8.78. The molecule has 1 unspecified atom stereocenters. The molecule has 0 heterocycles. The van der Waals surface area contributed by atoms with E-state index in [4.69, 9.17) is 9.47 Å². The SMILES string of the molecule is C=CCCOc1ccc(COC2CCC(c3ccc(C4CCC(C(O)CCC)CC4)c(F)c3F)CC2)c(F)c1F. The van der Waals surface area contributed by atoms with E-state index in [1.165, 1.54) is 12.1 Å². The van der Waals surface area contributed by atoms with E-state index in [0.29, 0.717) is 43.2 Å². The van der Waals surface area contributed by atoms with Crippen molar-refractivity contribution in [3.63, 3.8) is 0 Å². The van der Waals surface area contributed by atoms with Gasteiger partial charge in [-0.1, -0.05) is 31.6 Å². The quantitative estimate of drug-likeness (QED) is 0.160. The number of rotatable bonds is 12. The van der Waals surface area contributed by atoms with Gasteiger partial charge in [0.05, 0.1) is 25.4 Å². The van der Waals surface area contributed by atoms with Crippen LogP contribution in [0.5, 0.6) is 5.75 Å². The standard InChI is InChI=1S/C33H42F4O3/c1-3-5-19-39-29-18-13-24(30(34)33(29)37)20-40-25-14-11-22(12-15-25)27-17-16-26(31(35)32(27)36)21-7-9-23(10-8-21)28(38)6-4-2/h3,13,16-18,21-23,25,28,38H,1,4-12,14-15,19-20H2,2H3. The van der Waals surface area contributed by atoms with Gasteiger partial charge in [0.2, 0.25) is 5.82 Å². The Morgan fingerprint density at radius 2 is 1.45 bits per heavy atom. The van der Waals surface area contributed by atoms with Crippen molar-refractivity contribution in [2.24, 2.45) is 5.92 Å². The molecule has 7 heteroatoms. The Morgan fingerprint density at radius 1 is 0.850 bits per heavy atom. The molecule has 0 aliphatic heterocycles. The summed E-state index contributed by atoms with van der Waals surface area (Å²) < 4.78 is 70.4. The fourth-order valence-electron chi connectivity index (χ4n) is 6.35. The fourth-order valence-corrected chi connectivity index (χ4v) is 6.35. The number of halogens is 4. The highest BCUT2D eigenvalue weighted by Gasteiger charge is 2.31. The first-order chi connectivity index (χ1) is 19.3. The van der Waals surface area contributed by atoms with Crippen LogP contribution in [0.3, 0.4) is 0 Å². The van der Waals surface area contributed by atoms with E-state index < -0.39 is 23.3 Å². The second-order valence-electron chi connectivity index (χ2n) is 11.4. The highest BCUT2D eigenvalue weighted by molar-refractivity contribution is 5.32. The predicted octanol–water partition coefficient (Wildman–Crippen LogP) is 8.88. The smallest absolute Gasteiger partial charge is 0.200 e. The Labute approximate surface area is 235 Å². The first kappa shape index (κ1) is 30.6. The summed E-state index contributed by atoms with van der Waals surface area (Å²) in [5, 5.41) is 10.3. The molecular weight excluding hydrogens is 520 g/mol. The molecule has 0 radical (unpaired) electrons. The molecule has 2 aliphatic carbocycles. The molecule has 220 valence electrons. The van der Waals surface area contributed by atoms with Crippen molar-refractivity contribution in [3.8, 4) is 5.75 Å². The summed E-state index contributed by atoms with van der Waals surface area (Å²) in [6.07, 6.45) is 9.15. The molecule has 2 aromatic carbocycles. The minimum absolute atomic E-state index is 0.0178. The molecule has 0 bridgehead atoms. The number of ether oxygens (including phenoxy) is 2. The lowest BCUT2D eigenvalue weighted by Crippen LogP contribution is -2.25. The zero-order chi connectivity index (χ0) is 28.6. The summed E-state index contributed by atoms with van der Waals surface area (Å²) >= 11 is 0. The van der Waals surface area contributed by atoms with Crippen LogP contribution in [0, 0.1) is 29.2 Å². The largest absolute Gasteiger partial charge is 0.490 e. The molecule has 1 N–H and O–H groups in total. The van der Waals surface area contributed by atoms with Crippen molar-refractivity contribution < 1.29 is 32.1 Å². The number of hydrogen-bond donors (Lipinski definition) is 1. The minimum atomic E-state index is -1.03. The Bertz CT molecular complexity index is 1120. The van der Waals surface area contributed by atoms with Crippen LogP contribution in [-0.4, -0.2) is 23.9 Å². The molecule has 0 saturated heterocycles. The van der Waals surface area contributed by atoms with E-state index in [9.17, 15) is 13.9 Å². The molecule has 3 nitrogen and oxygen atoms in total. The molecular formula is C33H42F4O3. The van der Waals surface area contributed by atoms with Crippen molar-refractivity contribution in [2.75, 3.05) is 6.61 Å². The lowest BCUT2D eigenvalue weighted by Gasteiger charge is -2.32. The molecule has 2 fully saturated rings. The summed E-state index contributed by atoms with van der Waals surface area (Å²) in [6, 6.07) is 6.37. The van der Waals surface area contributed by atoms with Gasteiger partial charge in [0.1, 0.15) is 0 Å². The van der Waals surface area contributed by atoms with Crippen LogP contribution in [0.25, 0.3) is 0 Å². The van der Waals surface area contributed by atoms with E-state index in [2.05, 4.69) is 13.5 Å². The molecule has 2 aromatic rings. The van der Waals surface area contributed by atoms with Gasteiger partial charge < -0.3 is 14.6 Å². The van der Waals surface area contributed by atoms with E-state index >= 15 is 8.78 Å². The maximum absolute atomic E-state index is 15.2.